The lowest BCUT2D eigenvalue weighted by Crippen LogP contribution is -2.39. The van der Waals surface area contributed by atoms with Gasteiger partial charge >= 0.3 is 0 Å². The molecule has 1 N–H and O–H groups in total. The van der Waals surface area contributed by atoms with Crippen molar-refractivity contribution < 1.29 is 14.5 Å². The maximum atomic E-state index is 12.3. The van der Waals surface area contributed by atoms with Gasteiger partial charge in [0, 0.05) is 25.6 Å². The van der Waals surface area contributed by atoms with Gasteiger partial charge in [-0.05, 0) is 13.0 Å². The summed E-state index contributed by atoms with van der Waals surface area (Å²) >= 11 is 0. The van der Waals surface area contributed by atoms with Crippen LogP contribution in [0.4, 0.5) is 11.4 Å². The zero-order valence-corrected chi connectivity index (χ0v) is 10.5. The van der Waals surface area contributed by atoms with Gasteiger partial charge in [-0.15, -0.1) is 0 Å². The second-order valence-corrected chi connectivity index (χ2v) is 4.44. The van der Waals surface area contributed by atoms with Crippen molar-refractivity contribution in [3.63, 3.8) is 0 Å². The number of nitrogens with one attached hydrogen (secondary N) is 1. The van der Waals surface area contributed by atoms with Gasteiger partial charge in [-0.25, -0.2) is 0 Å². The van der Waals surface area contributed by atoms with Crippen molar-refractivity contribution in [3.8, 4) is 0 Å². The van der Waals surface area contributed by atoms with Crippen LogP contribution in [0.25, 0.3) is 0 Å². The van der Waals surface area contributed by atoms with E-state index in [1.807, 2.05) is 0 Å². The molecule has 0 bridgehead atoms. The summed E-state index contributed by atoms with van der Waals surface area (Å²) in [5.41, 5.74) is 0.0258. The van der Waals surface area contributed by atoms with Crippen LogP contribution in [-0.2, 0) is 4.79 Å². The summed E-state index contributed by atoms with van der Waals surface area (Å²) in [5, 5.41) is 14.0. The van der Waals surface area contributed by atoms with E-state index >= 15 is 0 Å². The highest BCUT2D eigenvalue weighted by molar-refractivity contribution is 6.10. The number of nitro benzene ring substituents is 1. The molecule has 1 aromatic carbocycles. The number of imide groups is 1. The summed E-state index contributed by atoms with van der Waals surface area (Å²) in [4.78, 5) is 35.2. The van der Waals surface area contributed by atoms with Crippen molar-refractivity contribution in [2.75, 3.05) is 11.9 Å². The van der Waals surface area contributed by atoms with Crippen molar-refractivity contribution >= 4 is 23.2 Å². The summed E-state index contributed by atoms with van der Waals surface area (Å²) in [6.07, 6.45) is 0. The third-order valence-corrected chi connectivity index (χ3v) is 2.94. The van der Waals surface area contributed by atoms with Crippen LogP contribution in [0.2, 0.25) is 0 Å². The number of benzene rings is 1. The SMILES string of the molecule is CC(=O)N1CC(C)Nc2cccc([N+](=O)[O-])c2C1=O. The molecule has 7 nitrogen and oxygen atoms in total. The van der Waals surface area contributed by atoms with E-state index < -0.39 is 16.7 Å². The van der Waals surface area contributed by atoms with Crippen molar-refractivity contribution in [1.29, 1.82) is 0 Å². The summed E-state index contributed by atoms with van der Waals surface area (Å²) in [6.45, 7) is 3.25. The predicted octanol–water partition coefficient (Wildman–Crippen LogP) is 1.40. The van der Waals surface area contributed by atoms with E-state index in [2.05, 4.69) is 5.32 Å². The standard InChI is InChI=1S/C12H13N3O4/c1-7-6-14(8(2)16)12(17)11-9(13-7)4-3-5-10(11)15(18)19/h3-5,7,13H,6H2,1-2H3. The van der Waals surface area contributed by atoms with Crippen LogP contribution in [0.1, 0.15) is 24.2 Å². The van der Waals surface area contributed by atoms with Crippen LogP contribution >= 0.6 is 0 Å². The molecular weight excluding hydrogens is 250 g/mol. The average Bonchev–Trinajstić information content (AvgIpc) is 2.46. The number of nitrogens with zero attached hydrogens (tertiary/aromatic N) is 2. The molecule has 100 valence electrons. The first-order chi connectivity index (χ1) is 8.91. The first kappa shape index (κ1) is 13.0. The van der Waals surface area contributed by atoms with Crippen LogP contribution in [0.15, 0.2) is 18.2 Å². The third kappa shape index (κ3) is 2.26. The fourth-order valence-corrected chi connectivity index (χ4v) is 2.11. The second-order valence-electron chi connectivity index (χ2n) is 4.44. The molecule has 1 atom stereocenters. The Morgan fingerprint density at radius 1 is 1.53 bits per heavy atom. The molecule has 19 heavy (non-hydrogen) atoms. The van der Waals surface area contributed by atoms with Gasteiger partial charge in [-0.3, -0.25) is 24.6 Å². The molecule has 0 radical (unpaired) electrons. The number of anilines is 1. The molecule has 7 heteroatoms. The van der Waals surface area contributed by atoms with E-state index in [0.717, 1.165) is 4.90 Å². The molecule has 0 saturated carbocycles. The average molecular weight is 263 g/mol. The number of fused-ring (bicyclic) bond motifs is 1. The Balaban J connectivity index is 2.63. The molecule has 1 aromatic rings. The van der Waals surface area contributed by atoms with Gasteiger partial charge in [-0.1, -0.05) is 6.07 Å². The van der Waals surface area contributed by atoms with Gasteiger partial charge in [0.1, 0.15) is 5.56 Å². The molecule has 0 fully saturated rings. The van der Waals surface area contributed by atoms with E-state index in [0.29, 0.717) is 5.69 Å². The van der Waals surface area contributed by atoms with E-state index in [-0.39, 0.29) is 23.8 Å². The summed E-state index contributed by atoms with van der Waals surface area (Å²) in [7, 11) is 0. The van der Waals surface area contributed by atoms with Crippen molar-refractivity contribution in [3.05, 3.63) is 33.9 Å². The molecule has 0 aliphatic carbocycles. The Morgan fingerprint density at radius 3 is 2.79 bits per heavy atom. The number of hydrogen-bond acceptors (Lipinski definition) is 5. The Kier molecular flexibility index (Phi) is 3.20. The molecule has 0 aromatic heterocycles. The molecule has 2 amide bonds. The van der Waals surface area contributed by atoms with Gasteiger partial charge in [0.25, 0.3) is 11.6 Å². The van der Waals surface area contributed by atoms with Crippen molar-refractivity contribution in [1.82, 2.24) is 4.90 Å². The predicted molar refractivity (Wildman–Crippen MR) is 67.9 cm³/mol. The third-order valence-electron chi connectivity index (χ3n) is 2.94. The van der Waals surface area contributed by atoms with Crippen LogP contribution in [-0.4, -0.2) is 34.2 Å². The smallest absolute Gasteiger partial charge is 0.284 e. The number of carbonyl (C=O) groups excluding carboxylic acids is 2. The zero-order chi connectivity index (χ0) is 14.2. The summed E-state index contributed by atoms with van der Waals surface area (Å²) in [6, 6.07) is 4.19. The normalized spacial score (nSPS) is 18.3. The Labute approximate surface area is 109 Å². The highest BCUT2D eigenvalue weighted by Gasteiger charge is 2.33. The van der Waals surface area contributed by atoms with Gasteiger partial charge in [0.15, 0.2) is 0 Å². The molecule has 1 heterocycles. The first-order valence-electron chi connectivity index (χ1n) is 5.78. The van der Waals surface area contributed by atoms with E-state index in [1.165, 1.54) is 19.1 Å². The largest absolute Gasteiger partial charge is 0.380 e. The van der Waals surface area contributed by atoms with Gasteiger partial charge in [-0.2, -0.15) is 0 Å². The molecule has 0 saturated heterocycles. The van der Waals surface area contributed by atoms with E-state index in [4.69, 9.17) is 0 Å². The van der Waals surface area contributed by atoms with Gasteiger partial charge in [0.2, 0.25) is 5.91 Å². The molecular formula is C12H13N3O4. The second kappa shape index (κ2) is 4.68. The molecule has 2 rings (SSSR count). The number of hydrogen-bond donors (Lipinski definition) is 1. The molecule has 1 unspecified atom stereocenters. The fourth-order valence-electron chi connectivity index (χ4n) is 2.11. The lowest BCUT2D eigenvalue weighted by atomic mass is 10.1. The highest BCUT2D eigenvalue weighted by atomic mass is 16.6. The summed E-state index contributed by atoms with van der Waals surface area (Å²) in [5.74, 6) is -1.06. The van der Waals surface area contributed by atoms with Crippen LogP contribution in [0.5, 0.6) is 0 Å². The quantitative estimate of drug-likeness (QED) is 0.610. The fraction of sp³-hybridized carbons (Fsp3) is 0.333. The minimum atomic E-state index is -0.633. The molecule has 1 aliphatic rings. The minimum absolute atomic E-state index is 0.0629. The molecule has 0 spiro atoms. The maximum absolute atomic E-state index is 12.3. The van der Waals surface area contributed by atoms with Gasteiger partial charge < -0.3 is 5.32 Å². The van der Waals surface area contributed by atoms with E-state index in [9.17, 15) is 19.7 Å². The number of carbonyl (C=O) groups is 2. The Hall–Kier alpha value is -2.44. The molecule has 1 aliphatic heterocycles. The lowest BCUT2D eigenvalue weighted by Gasteiger charge is -2.19. The van der Waals surface area contributed by atoms with E-state index in [1.54, 1.807) is 13.0 Å². The monoisotopic (exact) mass is 263 g/mol. The van der Waals surface area contributed by atoms with Crippen LogP contribution < -0.4 is 5.32 Å². The van der Waals surface area contributed by atoms with Crippen molar-refractivity contribution in [2.24, 2.45) is 0 Å². The minimum Gasteiger partial charge on any atom is -0.380 e. The first-order valence-corrected chi connectivity index (χ1v) is 5.78. The Morgan fingerprint density at radius 2 is 2.21 bits per heavy atom. The number of rotatable bonds is 1. The topological polar surface area (TPSA) is 92.6 Å². The van der Waals surface area contributed by atoms with Crippen molar-refractivity contribution in [2.45, 2.75) is 19.9 Å². The summed E-state index contributed by atoms with van der Waals surface area (Å²) < 4.78 is 0. The van der Waals surface area contributed by atoms with Crippen LogP contribution in [0.3, 0.4) is 0 Å². The Bertz CT molecular complexity index is 570. The van der Waals surface area contributed by atoms with Crippen LogP contribution in [0, 0.1) is 10.1 Å². The maximum Gasteiger partial charge on any atom is 0.284 e. The number of nitro groups is 1. The zero-order valence-electron chi connectivity index (χ0n) is 10.5. The number of amides is 2. The lowest BCUT2D eigenvalue weighted by molar-refractivity contribution is -0.385. The van der Waals surface area contributed by atoms with Gasteiger partial charge in [0.05, 0.1) is 10.6 Å². The highest BCUT2D eigenvalue weighted by Crippen LogP contribution is 2.30.